The zero-order chi connectivity index (χ0) is 32.7. The lowest BCUT2D eigenvalue weighted by atomic mass is 10.0. The van der Waals surface area contributed by atoms with Gasteiger partial charge in [0.25, 0.3) is 11.8 Å². The van der Waals surface area contributed by atoms with Crippen LogP contribution in [0.4, 0.5) is 5.13 Å². The molecular weight excluding hydrogens is 657 g/mol. The molecule has 6 rings (SSSR count). The fourth-order valence-corrected chi connectivity index (χ4v) is 9.54. The molecule has 1 aliphatic carbocycles. The van der Waals surface area contributed by atoms with Crippen LogP contribution in [-0.2, 0) is 33.9 Å². The van der Waals surface area contributed by atoms with Crippen molar-refractivity contribution in [1.82, 2.24) is 20.5 Å². The number of nitrogens with two attached hydrogens (primary N) is 1. The van der Waals surface area contributed by atoms with Gasteiger partial charge in [-0.25, -0.2) is 18.2 Å². The lowest BCUT2D eigenvalue weighted by Crippen LogP contribution is -2.71. The first-order valence-corrected chi connectivity index (χ1v) is 17.9. The second-order valence-corrected chi connectivity index (χ2v) is 15.0. The van der Waals surface area contributed by atoms with Crippen LogP contribution in [0.1, 0.15) is 43.4 Å². The van der Waals surface area contributed by atoms with Crippen molar-refractivity contribution in [2.45, 2.75) is 61.4 Å². The first kappa shape index (κ1) is 31.7. The number of fused-ring (bicyclic) bond motifs is 1. The van der Waals surface area contributed by atoms with Crippen molar-refractivity contribution in [3.05, 3.63) is 62.7 Å². The molecule has 46 heavy (non-hydrogen) atoms. The van der Waals surface area contributed by atoms with Crippen LogP contribution in [0.2, 0.25) is 0 Å². The van der Waals surface area contributed by atoms with Crippen LogP contribution in [0.25, 0.3) is 0 Å². The maximum absolute atomic E-state index is 14.0. The third-order valence-electron chi connectivity index (χ3n) is 8.12. The number of hydrogen-bond acceptors (Lipinski definition) is 12. The molecule has 2 aromatic rings. The largest absolute Gasteiger partial charge is 0.477 e. The smallest absolute Gasteiger partial charge is 0.353 e. The Morgan fingerprint density at radius 2 is 1.91 bits per heavy atom. The van der Waals surface area contributed by atoms with Crippen molar-refractivity contribution in [2.24, 2.45) is 5.16 Å². The summed E-state index contributed by atoms with van der Waals surface area (Å²) in [6.07, 6.45) is 3.44. The number of sulfone groups is 1. The van der Waals surface area contributed by atoms with Crippen molar-refractivity contribution in [1.29, 1.82) is 0 Å². The Balaban J connectivity index is 1.33. The molecule has 4 heterocycles. The van der Waals surface area contributed by atoms with Crippen LogP contribution in [0.3, 0.4) is 0 Å². The number of anilines is 1. The average Bonchev–Trinajstić information content (AvgIpc) is 3.79. The first-order chi connectivity index (χ1) is 22.0. The number of nitrogens with one attached hydrogen (secondary N) is 2. The van der Waals surface area contributed by atoms with Gasteiger partial charge in [0, 0.05) is 28.8 Å². The van der Waals surface area contributed by atoms with Gasteiger partial charge in [-0.05, 0) is 51.2 Å². The van der Waals surface area contributed by atoms with E-state index in [0.717, 1.165) is 59.2 Å². The molecule has 0 radical (unpaired) electrons. The number of carboxylic acid groups (broad SMARTS) is 1. The maximum atomic E-state index is 14.0. The molecule has 17 heteroatoms. The van der Waals surface area contributed by atoms with Crippen molar-refractivity contribution in [3.8, 4) is 0 Å². The van der Waals surface area contributed by atoms with Crippen molar-refractivity contribution in [3.63, 3.8) is 0 Å². The number of β-lactam (4-membered cyclic amide) rings is 1. The summed E-state index contributed by atoms with van der Waals surface area (Å²) in [7, 11) is -4.39. The number of aryl methyl sites for hydroxylation is 1. The molecule has 3 amide bonds. The summed E-state index contributed by atoms with van der Waals surface area (Å²) in [6, 6.07) is 4.84. The normalized spacial score (nSPS) is 23.2. The van der Waals surface area contributed by atoms with Gasteiger partial charge >= 0.3 is 5.97 Å². The Hall–Kier alpha value is -4.22. The Morgan fingerprint density at radius 1 is 1.20 bits per heavy atom. The molecule has 1 aromatic heterocycles. The van der Waals surface area contributed by atoms with E-state index in [4.69, 9.17) is 10.6 Å². The van der Waals surface area contributed by atoms with Gasteiger partial charge in [0.15, 0.2) is 10.8 Å². The van der Waals surface area contributed by atoms with Gasteiger partial charge < -0.3 is 26.3 Å². The molecule has 3 fully saturated rings. The van der Waals surface area contributed by atoms with E-state index in [0.29, 0.717) is 0 Å². The Kier molecular flexibility index (Phi) is 8.64. The van der Waals surface area contributed by atoms with Crippen LogP contribution < -0.4 is 16.4 Å². The molecule has 1 aromatic carbocycles. The van der Waals surface area contributed by atoms with E-state index >= 15 is 0 Å². The number of thiazole rings is 1. The van der Waals surface area contributed by atoms with Crippen molar-refractivity contribution < 1.29 is 37.5 Å². The van der Waals surface area contributed by atoms with Gasteiger partial charge in [0.05, 0.1) is 9.80 Å². The highest BCUT2D eigenvalue weighted by Gasteiger charge is 2.55. The second kappa shape index (κ2) is 12.5. The standard InChI is InChI=1S/C29H30N6O8S3/c1-14-6-8-16(9-7-14)46(41,42)23(17-10-11-31-24(17)36)18-12-44-27-21(26(38)35(27)22(18)28(39)40)33-25(37)20(19-13-45-29(30)32-19)34-43-15-4-2-3-5-15/h6-9,13,15,21,27H,2-5,10-12H2,1H3,(H2,30,32)(H,31,36)(H,33,37)(H,39,40)/t21-,27-/m1/s1. The Morgan fingerprint density at radius 3 is 2.52 bits per heavy atom. The molecule has 0 unspecified atom stereocenters. The van der Waals surface area contributed by atoms with Gasteiger partial charge in [-0.2, -0.15) is 0 Å². The minimum atomic E-state index is -4.39. The summed E-state index contributed by atoms with van der Waals surface area (Å²) >= 11 is 2.18. The molecule has 14 nitrogen and oxygen atoms in total. The molecule has 1 saturated carbocycles. The first-order valence-electron chi connectivity index (χ1n) is 14.5. The number of benzene rings is 1. The zero-order valence-corrected chi connectivity index (χ0v) is 27.0. The fourth-order valence-electron chi connectivity index (χ4n) is 5.80. The van der Waals surface area contributed by atoms with E-state index in [2.05, 4.69) is 20.8 Å². The third-order valence-corrected chi connectivity index (χ3v) is 12.0. The SMILES string of the molecule is Cc1ccc(S(=O)(=O)C(C2=C(C(=O)O)N3C(=O)[C@@H](NC(=O)C(=NOC4CCCC4)c4csc(N)n4)[C@H]3SC2)=C2CCNC2=O)cc1. The number of aromatic nitrogens is 1. The summed E-state index contributed by atoms with van der Waals surface area (Å²) in [5.74, 6) is -3.85. The fraction of sp³-hybridized carbons (Fsp3) is 0.379. The molecule has 0 spiro atoms. The predicted octanol–water partition coefficient (Wildman–Crippen LogP) is 1.68. The minimum Gasteiger partial charge on any atom is -0.477 e. The molecule has 4 aliphatic rings. The molecule has 5 N–H and O–H groups in total. The summed E-state index contributed by atoms with van der Waals surface area (Å²) in [6.45, 7) is 1.97. The number of allylic oxidation sites excluding steroid dienone is 1. The van der Waals surface area contributed by atoms with Gasteiger partial charge in [0.2, 0.25) is 15.7 Å². The number of aliphatic carboxylic acids is 1. The number of oxime groups is 1. The predicted molar refractivity (Wildman–Crippen MR) is 169 cm³/mol. The summed E-state index contributed by atoms with van der Waals surface area (Å²) in [5.41, 5.74) is 5.79. The van der Waals surface area contributed by atoms with Gasteiger partial charge in [-0.3, -0.25) is 19.3 Å². The summed E-state index contributed by atoms with van der Waals surface area (Å²) < 4.78 is 28.1. The lowest BCUT2D eigenvalue weighted by molar-refractivity contribution is -0.150. The number of hydrogen-bond donors (Lipinski definition) is 4. The van der Waals surface area contributed by atoms with E-state index in [-0.39, 0.29) is 57.4 Å². The quantitative estimate of drug-likeness (QED) is 0.129. The maximum Gasteiger partial charge on any atom is 0.353 e. The number of thioether (sulfide) groups is 1. The highest BCUT2D eigenvalue weighted by atomic mass is 32.2. The second-order valence-electron chi connectivity index (χ2n) is 11.1. The van der Waals surface area contributed by atoms with Crippen LogP contribution >= 0.6 is 23.1 Å². The lowest BCUT2D eigenvalue weighted by Gasteiger charge is -2.49. The van der Waals surface area contributed by atoms with E-state index < -0.39 is 55.5 Å². The van der Waals surface area contributed by atoms with Crippen LogP contribution in [0.5, 0.6) is 0 Å². The molecule has 2 atom stereocenters. The number of nitrogens with zero attached hydrogens (tertiary/aromatic N) is 3. The Bertz CT molecular complexity index is 1830. The number of amides is 3. The molecule has 0 bridgehead atoms. The average molecular weight is 687 g/mol. The highest BCUT2D eigenvalue weighted by Crippen LogP contribution is 2.45. The summed E-state index contributed by atoms with van der Waals surface area (Å²) in [4.78, 5) is 62.7. The van der Waals surface area contributed by atoms with E-state index in [9.17, 15) is 32.7 Å². The van der Waals surface area contributed by atoms with Crippen molar-refractivity contribution in [2.75, 3.05) is 18.0 Å². The van der Waals surface area contributed by atoms with Gasteiger partial charge in [-0.1, -0.05) is 22.9 Å². The van der Waals surface area contributed by atoms with Gasteiger partial charge in [0.1, 0.15) is 28.9 Å². The monoisotopic (exact) mass is 686 g/mol. The molecule has 242 valence electrons. The van der Waals surface area contributed by atoms with Crippen LogP contribution in [0.15, 0.2) is 61.4 Å². The number of carbonyl (C=O) groups excluding carboxylic acids is 3. The zero-order valence-electron chi connectivity index (χ0n) is 24.5. The topological polar surface area (TPSA) is 210 Å². The Labute approximate surface area is 272 Å². The van der Waals surface area contributed by atoms with Crippen LogP contribution in [0, 0.1) is 6.92 Å². The molecular formula is C29H30N6O8S3. The molecule has 2 saturated heterocycles. The van der Waals surface area contributed by atoms with E-state index in [1.807, 2.05) is 0 Å². The van der Waals surface area contributed by atoms with Crippen LogP contribution in [-0.4, -0.2) is 82.6 Å². The highest BCUT2D eigenvalue weighted by molar-refractivity contribution is 8.00. The van der Waals surface area contributed by atoms with Gasteiger partial charge in [-0.15, -0.1) is 23.1 Å². The third kappa shape index (κ3) is 5.78. The van der Waals surface area contributed by atoms with Crippen molar-refractivity contribution >= 4 is 67.5 Å². The number of carboxylic acids is 1. The summed E-state index contributed by atoms with van der Waals surface area (Å²) in [5, 5.41) is 20.5. The number of carbonyl (C=O) groups is 4. The minimum absolute atomic E-state index is 0.0581. The number of rotatable bonds is 9. The molecule has 3 aliphatic heterocycles. The van der Waals surface area contributed by atoms with E-state index in [1.165, 1.54) is 17.5 Å². The van der Waals surface area contributed by atoms with E-state index in [1.54, 1.807) is 19.1 Å². The number of nitrogen functional groups attached to an aromatic ring is 1.